The maximum Gasteiger partial charge on any atom is 0.220 e. The van der Waals surface area contributed by atoms with Crippen molar-refractivity contribution in [2.75, 3.05) is 13.7 Å². The summed E-state index contributed by atoms with van der Waals surface area (Å²) >= 11 is 0. The van der Waals surface area contributed by atoms with Gasteiger partial charge in [0.2, 0.25) is 5.91 Å². The molecule has 0 aliphatic rings. The first kappa shape index (κ1) is 15.0. The fourth-order valence-electron chi connectivity index (χ4n) is 2.01. The molecule has 21 heavy (non-hydrogen) atoms. The summed E-state index contributed by atoms with van der Waals surface area (Å²) in [7, 11) is 1.64. The van der Waals surface area contributed by atoms with Crippen molar-refractivity contribution in [2.45, 2.75) is 19.3 Å². The Balaban J connectivity index is 1.67. The van der Waals surface area contributed by atoms with Gasteiger partial charge < -0.3 is 10.1 Å². The molecule has 0 saturated carbocycles. The third kappa shape index (κ3) is 5.26. The van der Waals surface area contributed by atoms with E-state index in [0.29, 0.717) is 13.0 Å². The Morgan fingerprint density at radius 3 is 2.62 bits per heavy atom. The Morgan fingerprint density at radius 2 is 1.95 bits per heavy atom. The molecule has 1 aromatic carbocycles. The zero-order valence-corrected chi connectivity index (χ0v) is 12.2. The molecule has 0 spiro atoms. The summed E-state index contributed by atoms with van der Waals surface area (Å²) in [6, 6.07) is 13.6. The summed E-state index contributed by atoms with van der Waals surface area (Å²) in [6.45, 7) is 0.623. The van der Waals surface area contributed by atoms with Crippen LogP contribution in [0.4, 0.5) is 0 Å². The molecule has 2 rings (SSSR count). The number of nitrogens with zero attached hydrogens (tertiary/aromatic N) is 1. The van der Waals surface area contributed by atoms with Crippen LogP contribution < -0.4 is 10.1 Å². The SMILES string of the molecule is COc1ccc(CCC(=O)NCCc2ccccn2)cc1. The molecule has 1 heterocycles. The van der Waals surface area contributed by atoms with Crippen LogP contribution >= 0.6 is 0 Å². The molecule has 0 unspecified atom stereocenters. The van der Waals surface area contributed by atoms with Gasteiger partial charge in [0.1, 0.15) is 5.75 Å². The molecule has 0 fully saturated rings. The van der Waals surface area contributed by atoms with Gasteiger partial charge in [0.15, 0.2) is 0 Å². The lowest BCUT2D eigenvalue weighted by Crippen LogP contribution is -2.26. The second kappa shape index (κ2) is 8.04. The third-order valence-corrected chi connectivity index (χ3v) is 3.23. The maximum atomic E-state index is 11.8. The van der Waals surface area contributed by atoms with Gasteiger partial charge in [-0.15, -0.1) is 0 Å². The van der Waals surface area contributed by atoms with E-state index < -0.39 is 0 Å². The average molecular weight is 284 g/mol. The molecule has 0 radical (unpaired) electrons. The van der Waals surface area contributed by atoms with Crippen molar-refractivity contribution < 1.29 is 9.53 Å². The molecule has 2 aromatic rings. The summed E-state index contributed by atoms with van der Waals surface area (Å²) in [5.41, 5.74) is 2.13. The minimum Gasteiger partial charge on any atom is -0.497 e. The molecule has 0 bridgehead atoms. The highest BCUT2D eigenvalue weighted by Gasteiger charge is 2.02. The van der Waals surface area contributed by atoms with Crippen molar-refractivity contribution in [3.8, 4) is 5.75 Å². The van der Waals surface area contributed by atoms with Crippen LogP contribution in [0.3, 0.4) is 0 Å². The van der Waals surface area contributed by atoms with E-state index in [4.69, 9.17) is 4.74 Å². The van der Waals surface area contributed by atoms with E-state index in [9.17, 15) is 4.79 Å². The fourth-order valence-corrected chi connectivity index (χ4v) is 2.01. The molecule has 1 N–H and O–H groups in total. The number of aromatic nitrogens is 1. The first-order valence-electron chi connectivity index (χ1n) is 7.07. The Labute approximate surface area is 125 Å². The van der Waals surface area contributed by atoms with Crippen molar-refractivity contribution in [3.63, 3.8) is 0 Å². The average Bonchev–Trinajstić information content (AvgIpc) is 2.54. The lowest BCUT2D eigenvalue weighted by atomic mass is 10.1. The zero-order valence-electron chi connectivity index (χ0n) is 12.2. The molecule has 1 aromatic heterocycles. The van der Waals surface area contributed by atoms with Crippen LogP contribution in [0.2, 0.25) is 0 Å². The standard InChI is InChI=1S/C17H20N2O2/c1-21-16-8-5-14(6-9-16)7-10-17(20)19-13-11-15-4-2-3-12-18-15/h2-6,8-9,12H,7,10-11,13H2,1H3,(H,19,20). The van der Waals surface area contributed by atoms with E-state index in [1.807, 2.05) is 42.5 Å². The number of pyridine rings is 1. The quantitative estimate of drug-likeness (QED) is 0.849. The smallest absolute Gasteiger partial charge is 0.220 e. The van der Waals surface area contributed by atoms with Gasteiger partial charge >= 0.3 is 0 Å². The van der Waals surface area contributed by atoms with Crippen molar-refractivity contribution in [3.05, 3.63) is 59.9 Å². The van der Waals surface area contributed by atoms with Crippen molar-refractivity contribution in [1.82, 2.24) is 10.3 Å². The van der Waals surface area contributed by atoms with E-state index in [1.54, 1.807) is 13.3 Å². The van der Waals surface area contributed by atoms with Gasteiger partial charge in [-0.25, -0.2) is 0 Å². The van der Waals surface area contributed by atoms with Crippen LogP contribution in [0.25, 0.3) is 0 Å². The molecule has 1 amide bonds. The highest BCUT2D eigenvalue weighted by Crippen LogP contribution is 2.12. The number of nitrogens with one attached hydrogen (secondary N) is 1. The van der Waals surface area contributed by atoms with Crippen LogP contribution in [0.1, 0.15) is 17.7 Å². The molecule has 0 aliphatic heterocycles. The number of carbonyl (C=O) groups excluding carboxylic acids is 1. The second-order valence-corrected chi connectivity index (χ2v) is 4.77. The fraction of sp³-hybridized carbons (Fsp3) is 0.294. The van der Waals surface area contributed by atoms with Crippen LogP contribution in [-0.2, 0) is 17.6 Å². The zero-order chi connectivity index (χ0) is 14.9. The molecular weight excluding hydrogens is 264 g/mol. The second-order valence-electron chi connectivity index (χ2n) is 4.77. The number of carbonyl (C=O) groups is 1. The topological polar surface area (TPSA) is 51.2 Å². The summed E-state index contributed by atoms with van der Waals surface area (Å²) < 4.78 is 5.10. The number of aryl methyl sites for hydroxylation is 1. The normalized spacial score (nSPS) is 10.1. The van der Waals surface area contributed by atoms with Gasteiger partial charge in [0.05, 0.1) is 7.11 Å². The number of hydrogen-bond acceptors (Lipinski definition) is 3. The highest BCUT2D eigenvalue weighted by atomic mass is 16.5. The number of benzene rings is 1. The molecular formula is C17H20N2O2. The number of hydrogen-bond donors (Lipinski definition) is 1. The Bertz CT molecular complexity index is 553. The van der Waals surface area contributed by atoms with Gasteiger partial charge in [-0.1, -0.05) is 18.2 Å². The summed E-state index contributed by atoms with van der Waals surface area (Å²) in [5, 5.41) is 2.92. The van der Waals surface area contributed by atoms with E-state index in [1.165, 1.54) is 0 Å². The maximum absolute atomic E-state index is 11.8. The summed E-state index contributed by atoms with van der Waals surface area (Å²) in [6.07, 6.45) is 3.75. The predicted molar refractivity (Wildman–Crippen MR) is 82.3 cm³/mol. The molecule has 0 atom stereocenters. The lowest BCUT2D eigenvalue weighted by molar-refractivity contribution is -0.121. The van der Waals surface area contributed by atoms with Gasteiger partial charge in [-0.2, -0.15) is 0 Å². The minimum atomic E-state index is 0.0711. The monoisotopic (exact) mass is 284 g/mol. The van der Waals surface area contributed by atoms with E-state index in [-0.39, 0.29) is 5.91 Å². The van der Waals surface area contributed by atoms with Gasteiger partial charge in [-0.05, 0) is 36.2 Å². The number of ether oxygens (including phenoxy) is 1. The van der Waals surface area contributed by atoms with Crippen LogP contribution in [0.5, 0.6) is 5.75 Å². The van der Waals surface area contributed by atoms with E-state index in [0.717, 1.165) is 29.8 Å². The third-order valence-electron chi connectivity index (χ3n) is 3.23. The number of amides is 1. The highest BCUT2D eigenvalue weighted by molar-refractivity contribution is 5.76. The van der Waals surface area contributed by atoms with Gasteiger partial charge in [-0.3, -0.25) is 9.78 Å². The Kier molecular flexibility index (Phi) is 5.76. The molecule has 0 aliphatic carbocycles. The summed E-state index contributed by atoms with van der Waals surface area (Å²) in [5.74, 6) is 0.903. The van der Waals surface area contributed by atoms with Crippen LogP contribution in [0, 0.1) is 0 Å². The lowest BCUT2D eigenvalue weighted by Gasteiger charge is -2.06. The van der Waals surface area contributed by atoms with E-state index >= 15 is 0 Å². The Morgan fingerprint density at radius 1 is 1.14 bits per heavy atom. The molecule has 4 heteroatoms. The van der Waals surface area contributed by atoms with Crippen LogP contribution in [-0.4, -0.2) is 24.5 Å². The molecule has 110 valence electrons. The van der Waals surface area contributed by atoms with Crippen molar-refractivity contribution in [1.29, 1.82) is 0 Å². The van der Waals surface area contributed by atoms with Gasteiger partial charge in [0, 0.05) is 31.3 Å². The first-order valence-corrected chi connectivity index (χ1v) is 7.07. The predicted octanol–water partition coefficient (Wildman–Crippen LogP) is 2.38. The van der Waals surface area contributed by atoms with E-state index in [2.05, 4.69) is 10.3 Å². The Hall–Kier alpha value is -2.36. The summed E-state index contributed by atoms with van der Waals surface area (Å²) in [4.78, 5) is 16.0. The van der Waals surface area contributed by atoms with Gasteiger partial charge in [0.25, 0.3) is 0 Å². The minimum absolute atomic E-state index is 0.0711. The number of rotatable bonds is 7. The molecule has 0 saturated heterocycles. The van der Waals surface area contributed by atoms with Crippen molar-refractivity contribution >= 4 is 5.91 Å². The van der Waals surface area contributed by atoms with Crippen molar-refractivity contribution in [2.24, 2.45) is 0 Å². The number of methoxy groups -OCH3 is 1. The molecule has 4 nitrogen and oxygen atoms in total. The largest absolute Gasteiger partial charge is 0.497 e. The first-order chi connectivity index (χ1) is 10.3. The van der Waals surface area contributed by atoms with Crippen LogP contribution in [0.15, 0.2) is 48.7 Å².